The van der Waals surface area contributed by atoms with Crippen LogP contribution in [0.4, 0.5) is 5.69 Å². The first-order valence-corrected chi connectivity index (χ1v) is 7.21. The Balaban J connectivity index is 2.16. The minimum atomic E-state index is -0.298. The monoisotopic (exact) mass is 276 g/mol. The summed E-state index contributed by atoms with van der Waals surface area (Å²) in [5.74, 6) is -0.199. The standard InChI is InChI=1S/C16H24N2O2/c1-11(2)17-14(16(19)20-4)10-18-12(3)9-13-7-5-6-8-15(13)18/h5-8,11-12,14,17H,9-10H2,1-4H3. The van der Waals surface area contributed by atoms with Crippen LogP contribution in [0.2, 0.25) is 0 Å². The summed E-state index contributed by atoms with van der Waals surface area (Å²) >= 11 is 0. The number of rotatable bonds is 5. The second kappa shape index (κ2) is 6.27. The van der Waals surface area contributed by atoms with Crippen molar-refractivity contribution >= 4 is 11.7 Å². The molecule has 20 heavy (non-hydrogen) atoms. The van der Waals surface area contributed by atoms with Crippen molar-refractivity contribution in [2.75, 3.05) is 18.6 Å². The van der Waals surface area contributed by atoms with E-state index >= 15 is 0 Å². The highest BCUT2D eigenvalue weighted by Gasteiger charge is 2.30. The first-order chi connectivity index (χ1) is 9.52. The molecule has 0 aromatic heterocycles. The van der Waals surface area contributed by atoms with Crippen LogP contribution in [0.1, 0.15) is 26.3 Å². The van der Waals surface area contributed by atoms with Gasteiger partial charge in [-0.2, -0.15) is 0 Å². The summed E-state index contributed by atoms with van der Waals surface area (Å²) in [6.07, 6.45) is 1.03. The average molecular weight is 276 g/mol. The Hall–Kier alpha value is -1.55. The maximum absolute atomic E-state index is 11.9. The molecule has 110 valence electrons. The van der Waals surface area contributed by atoms with E-state index in [0.717, 1.165) is 6.42 Å². The molecule has 0 saturated carbocycles. The van der Waals surface area contributed by atoms with Crippen LogP contribution in [0.3, 0.4) is 0 Å². The number of fused-ring (bicyclic) bond motifs is 1. The normalized spacial score (nSPS) is 19.1. The zero-order chi connectivity index (χ0) is 14.7. The Bertz CT molecular complexity index is 473. The lowest BCUT2D eigenvalue weighted by atomic mass is 10.1. The predicted octanol–water partition coefficient (Wildman–Crippen LogP) is 1.98. The Morgan fingerprint density at radius 2 is 2.15 bits per heavy atom. The number of carbonyl (C=O) groups is 1. The number of anilines is 1. The highest BCUT2D eigenvalue weighted by Crippen LogP contribution is 2.31. The molecule has 0 radical (unpaired) electrons. The van der Waals surface area contributed by atoms with Gasteiger partial charge in [0.2, 0.25) is 0 Å². The van der Waals surface area contributed by atoms with Crippen molar-refractivity contribution in [3.8, 4) is 0 Å². The van der Waals surface area contributed by atoms with E-state index in [-0.39, 0.29) is 18.1 Å². The van der Waals surface area contributed by atoms with Crippen LogP contribution in [0.15, 0.2) is 24.3 Å². The number of carbonyl (C=O) groups excluding carboxylic acids is 1. The van der Waals surface area contributed by atoms with Gasteiger partial charge >= 0.3 is 5.97 Å². The lowest BCUT2D eigenvalue weighted by molar-refractivity contribution is -0.143. The second-order valence-corrected chi connectivity index (χ2v) is 5.73. The summed E-state index contributed by atoms with van der Waals surface area (Å²) < 4.78 is 4.92. The van der Waals surface area contributed by atoms with Crippen LogP contribution in [0, 0.1) is 0 Å². The molecule has 1 aromatic rings. The zero-order valence-electron chi connectivity index (χ0n) is 12.7. The van der Waals surface area contributed by atoms with Gasteiger partial charge in [-0.1, -0.05) is 32.0 Å². The molecular formula is C16H24N2O2. The number of hydrogen-bond donors (Lipinski definition) is 1. The van der Waals surface area contributed by atoms with Crippen molar-refractivity contribution < 1.29 is 9.53 Å². The molecule has 0 bridgehead atoms. The summed E-state index contributed by atoms with van der Waals surface area (Å²) in [6, 6.07) is 8.76. The summed E-state index contributed by atoms with van der Waals surface area (Å²) in [5.41, 5.74) is 2.59. The van der Waals surface area contributed by atoms with Gasteiger partial charge in [0.15, 0.2) is 0 Å². The highest BCUT2D eigenvalue weighted by atomic mass is 16.5. The zero-order valence-corrected chi connectivity index (χ0v) is 12.7. The van der Waals surface area contributed by atoms with E-state index in [9.17, 15) is 4.79 Å². The molecule has 0 fully saturated rings. The van der Waals surface area contributed by atoms with Crippen LogP contribution in [0.5, 0.6) is 0 Å². The SMILES string of the molecule is COC(=O)C(CN1c2ccccc2CC1C)NC(C)C. The molecule has 1 aromatic carbocycles. The fraction of sp³-hybridized carbons (Fsp3) is 0.562. The van der Waals surface area contributed by atoms with Crippen molar-refractivity contribution in [1.29, 1.82) is 0 Å². The van der Waals surface area contributed by atoms with Crippen LogP contribution < -0.4 is 10.2 Å². The molecule has 0 spiro atoms. The van der Waals surface area contributed by atoms with E-state index in [4.69, 9.17) is 4.74 Å². The molecular weight excluding hydrogens is 252 g/mol. The van der Waals surface area contributed by atoms with E-state index in [2.05, 4.69) is 35.3 Å². The van der Waals surface area contributed by atoms with Crippen LogP contribution in [-0.4, -0.2) is 37.7 Å². The first-order valence-electron chi connectivity index (χ1n) is 7.21. The molecule has 1 N–H and O–H groups in total. The van der Waals surface area contributed by atoms with Gasteiger partial charge in [-0.3, -0.25) is 4.79 Å². The van der Waals surface area contributed by atoms with Crippen LogP contribution >= 0.6 is 0 Å². The van der Waals surface area contributed by atoms with Crippen molar-refractivity contribution in [3.05, 3.63) is 29.8 Å². The quantitative estimate of drug-likeness (QED) is 0.835. The first kappa shape index (κ1) is 14.9. The number of nitrogens with zero attached hydrogens (tertiary/aromatic N) is 1. The third-order valence-corrected chi connectivity index (χ3v) is 3.75. The van der Waals surface area contributed by atoms with E-state index < -0.39 is 0 Å². The number of hydrogen-bond acceptors (Lipinski definition) is 4. The molecule has 2 atom stereocenters. The lowest BCUT2D eigenvalue weighted by Gasteiger charge is -2.30. The molecule has 1 aliphatic rings. The third kappa shape index (κ3) is 3.12. The summed E-state index contributed by atoms with van der Waals surface area (Å²) in [4.78, 5) is 14.2. The summed E-state index contributed by atoms with van der Waals surface area (Å²) in [6.45, 7) is 6.92. The number of esters is 1. The van der Waals surface area contributed by atoms with Crippen molar-refractivity contribution in [3.63, 3.8) is 0 Å². The number of methoxy groups -OCH3 is 1. The Kier molecular flexibility index (Phi) is 4.65. The molecule has 0 saturated heterocycles. The highest BCUT2D eigenvalue weighted by molar-refractivity contribution is 5.77. The maximum Gasteiger partial charge on any atom is 0.324 e. The fourth-order valence-electron chi connectivity index (χ4n) is 2.84. The fourth-order valence-corrected chi connectivity index (χ4v) is 2.84. The van der Waals surface area contributed by atoms with E-state index in [1.165, 1.54) is 18.4 Å². The van der Waals surface area contributed by atoms with Gasteiger partial charge in [0.1, 0.15) is 6.04 Å². The number of ether oxygens (including phenoxy) is 1. The van der Waals surface area contributed by atoms with Crippen molar-refractivity contribution in [2.24, 2.45) is 0 Å². The average Bonchev–Trinajstić information content (AvgIpc) is 2.73. The van der Waals surface area contributed by atoms with Gasteiger partial charge in [0.05, 0.1) is 7.11 Å². The minimum absolute atomic E-state index is 0.199. The smallest absolute Gasteiger partial charge is 0.324 e. The van der Waals surface area contributed by atoms with E-state index in [1.807, 2.05) is 19.9 Å². The number of benzene rings is 1. The Morgan fingerprint density at radius 3 is 2.80 bits per heavy atom. The lowest BCUT2D eigenvalue weighted by Crippen LogP contribution is -2.50. The second-order valence-electron chi connectivity index (χ2n) is 5.73. The largest absolute Gasteiger partial charge is 0.468 e. The molecule has 1 aliphatic heterocycles. The van der Waals surface area contributed by atoms with Gasteiger partial charge in [-0.05, 0) is 25.0 Å². The Labute approximate surface area is 121 Å². The Morgan fingerprint density at radius 1 is 1.45 bits per heavy atom. The van der Waals surface area contributed by atoms with E-state index in [0.29, 0.717) is 12.6 Å². The molecule has 1 heterocycles. The van der Waals surface area contributed by atoms with Gasteiger partial charge in [-0.15, -0.1) is 0 Å². The van der Waals surface area contributed by atoms with Gasteiger partial charge in [-0.25, -0.2) is 0 Å². The molecule has 4 heteroatoms. The van der Waals surface area contributed by atoms with Crippen molar-refractivity contribution in [2.45, 2.75) is 45.3 Å². The van der Waals surface area contributed by atoms with Gasteiger partial charge in [0, 0.05) is 24.3 Å². The van der Waals surface area contributed by atoms with Crippen molar-refractivity contribution in [1.82, 2.24) is 5.32 Å². The number of nitrogens with one attached hydrogen (secondary N) is 1. The summed E-state index contributed by atoms with van der Waals surface area (Å²) in [7, 11) is 1.44. The topological polar surface area (TPSA) is 41.6 Å². The van der Waals surface area contributed by atoms with Gasteiger partial charge in [0.25, 0.3) is 0 Å². The molecule has 0 aliphatic carbocycles. The minimum Gasteiger partial charge on any atom is -0.468 e. The van der Waals surface area contributed by atoms with Gasteiger partial charge < -0.3 is 15.0 Å². The predicted molar refractivity (Wildman–Crippen MR) is 81.0 cm³/mol. The third-order valence-electron chi connectivity index (χ3n) is 3.75. The summed E-state index contributed by atoms with van der Waals surface area (Å²) in [5, 5.41) is 3.29. The molecule has 2 unspecified atom stereocenters. The molecule has 0 amide bonds. The van der Waals surface area contributed by atoms with Crippen LogP contribution in [-0.2, 0) is 16.0 Å². The van der Waals surface area contributed by atoms with Crippen LogP contribution in [0.25, 0.3) is 0 Å². The number of para-hydroxylation sites is 1. The van der Waals surface area contributed by atoms with E-state index in [1.54, 1.807) is 0 Å². The molecule has 4 nitrogen and oxygen atoms in total. The molecule has 2 rings (SSSR count). The maximum atomic E-state index is 11.9.